The summed E-state index contributed by atoms with van der Waals surface area (Å²) >= 11 is 0. The fourth-order valence-electron chi connectivity index (χ4n) is 2.45. The lowest BCUT2D eigenvalue weighted by molar-refractivity contribution is -0.206. The molecule has 1 N–H and O–H groups in total. The number of hydrazine groups is 1. The minimum absolute atomic E-state index is 0.546. The molecule has 1 heterocycles. The molecule has 1 aliphatic rings. The van der Waals surface area contributed by atoms with Gasteiger partial charge in [0.25, 0.3) is 5.88 Å². The highest BCUT2D eigenvalue weighted by molar-refractivity contribution is 6.11. The molecular formula is C21H33N3O3. The van der Waals surface area contributed by atoms with E-state index in [0.717, 1.165) is 49.8 Å². The highest BCUT2D eigenvalue weighted by Gasteiger charge is 2.29. The van der Waals surface area contributed by atoms with Crippen LogP contribution >= 0.6 is 0 Å². The van der Waals surface area contributed by atoms with E-state index in [2.05, 4.69) is 31.4 Å². The first-order valence-corrected chi connectivity index (χ1v) is 10.1. The Balaban J connectivity index is 2.29. The molecule has 0 atom stereocenters. The molecule has 1 aromatic rings. The monoisotopic (exact) mass is 375 g/mol. The van der Waals surface area contributed by atoms with E-state index in [4.69, 9.17) is 14.3 Å². The van der Waals surface area contributed by atoms with Gasteiger partial charge in [-0.15, -0.1) is 5.17 Å². The number of rotatable bonds is 13. The smallest absolute Gasteiger partial charge is 0.282 e. The molecule has 0 radical (unpaired) electrons. The molecule has 0 saturated carbocycles. The summed E-state index contributed by atoms with van der Waals surface area (Å²) in [5.74, 6) is 1.17. The summed E-state index contributed by atoms with van der Waals surface area (Å²) in [6.45, 7) is 8.22. The zero-order valence-electron chi connectivity index (χ0n) is 16.9. The molecule has 0 spiro atoms. The Bertz CT molecular complexity index is 602. The fourth-order valence-corrected chi connectivity index (χ4v) is 2.45. The fraction of sp³-hybridized carbons (Fsp3) is 0.571. The quantitative estimate of drug-likeness (QED) is 0.505. The molecule has 0 bridgehead atoms. The van der Waals surface area contributed by atoms with Crippen molar-refractivity contribution in [3.63, 3.8) is 0 Å². The number of hydrazone groups is 1. The normalized spacial score (nSPS) is 14.0. The second-order valence-corrected chi connectivity index (χ2v) is 6.45. The van der Waals surface area contributed by atoms with Crippen LogP contribution in [0.2, 0.25) is 0 Å². The standard InChI is InChI=1S/C21H33N3O3/c1-4-7-15-25-20-19(18-13-11-10-12-14-18)22-23-24(27-17-9-6-3)21(20)26-16-8-5-2/h10-14,23H,4-9,15-17H2,1-3H3. The van der Waals surface area contributed by atoms with Crippen LogP contribution in [0.3, 0.4) is 0 Å². The van der Waals surface area contributed by atoms with Crippen LogP contribution in [0.25, 0.3) is 0 Å². The van der Waals surface area contributed by atoms with Gasteiger partial charge in [-0.1, -0.05) is 70.4 Å². The summed E-state index contributed by atoms with van der Waals surface area (Å²) in [6.07, 6.45) is 6.07. The van der Waals surface area contributed by atoms with Gasteiger partial charge in [0.1, 0.15) is 5.71 Å². The first-order valence-electron chi connectivity index (χ1n) is 10.1. The second kappa shape index (κ2) is 12.2. The number of hydrogen-bond acceptors (Lipinski definition) is 6. The molecule has 1 aliphatic heterocycles. The number of allylic oxidation sites excluding steroid dienone is 1. The minimum Gasteiger partial charge on any atom is -0.486 e. The zero-order valence-corrected chi connectivity index (χ0v) is 16.9. The number of ether oxygens (including phenoxy) is 2. The van der Waals surface area contributed by atoms with E-state index < -0.39 is 0 Å². The maximum Gasteiger partial charge on any atom is 0.282 e. The van der Waals surface area contributed by atoms with Gasteiger partial charge in [0.2, 0.25) is 5.76 Å². The van der Waals surface area contributed by atoms with Crippen LogP contribution in [0.4, 0.5) is 0 Å². The Morgan fingerprint density at radius 3 is 2.15 bits per heavy atom. The molecule has 6 nitrogen and oxygen atoms in total. The molecule has 0 aromatic heterocycles. The number of benzene rings is 1. The first kappa shape index (κ1) is 21.1. The van der Waals surface area contributed by atoms with Crippen molar-refractivity contribution in [3.05, 3.63) is 47.5 Å². The van der Waals surface area contributed by atoms with Crippen LogP contribution in [0.1, 0.15) is 64.9 Å². The van der Waals surface area contributed by atoms with Crippen LogP contribution in [-0.4, -0.2) is 30.7 Å². The van der Waals surface area contributed by atoms with Crippen molar-refractivity contribution in [2.75, 3.05) is 19.8 Å². The van der Waals surface area contributed by atoms with Crippen LogP contribution in [0.15, 0.2) is 47.1 Å². The summed E-state index contributed by atoms with van der Waals surface area (Å²) in [5, 5.41) is 6.00. The highest BCUT2D eigenvalue weighted by atomic mass is 16.7. The molecule has 0 aliphatic carbocycles. The van der Waals surface area contributed by atoms with E-state index >= 15 is 0 Å². The van der Waals surface area contributed by atoms with Gasteiger partial charge in [-0.3, -0.25) is 0 Å². The van der Waals surface area contributed by atoms with E-state index in [1.807, 2.05) is 30.3 Å². The number of hydroxylamine groups is 1. The summed E-state index contributed by atoms with van der Waals surface area (Å²) in [7, 11) is 0. The van der Waals surface area contributed by atoms with Gasteiger partial charge in [0.05, 0.1) is 19.8 Å². The van der Waals surface area contributed by atoms with Crippen molar-refractivity contribution < 1.29 is 14.3 Å². The lowest BCUT2D eigenvalue weighted by Gasteiger charge is -2.30. The molecule has 150 valence electrons. The largest absolute Gasteiger partial charge is 0.486 e. The molecule has 1 aromatic carbocycles. The summed E-state index contributed by atoms with van der Waals surface area (Å²) < 4.78 is 12.2. The van der Waals surface area contributed by atoms with Crippen molar-refractivity contribution in [3.8, 4) is 0 Å². The Hall–Kier alpha value is -2.21. The van der Waals surface area contributed by atoms with Crippen molar-refractivity contribution >= 4 is 5.71 Å². The van der Waals surface area contributed by atoms with Crippen molar-refractivity contribution in [2.45, 2.75) is 59.3 Å². The third-order valence-corrected chi connectivity index (χ3v) is 4.09. The summed E-state index contributed by atoms with van der Waals surface area (Å²) in [6, 6.07) is 9.99. The SMILES string of the molecule is CCCCOC1=C(OCCCC)N(OCCCC)NN=C1c1ccccc1. The van der Waals surface area contributed by atoms with Crippen molar-refractivity contribution in [2.24, 2.45) is 5.10 Å². The van der Waals surface area contributed by atoms with Gasteiger partial charge in [-0.2, -0.15) is 10.6 Å². The minimum atomic E-state index is 0.546. The number of nitrogens with one attached hydrogen (secondary N) is 1. The number of nitrogens with zero attached hydrogens (tertiary/aromatic N) is 2. The Morgan fingerprint density at radius 2 is 1.48 bits per heavy atom. The van der Waals surface area contributed by atoms with E-state index in [1.165, 1.54) is 5.17 Å². The lowest BCUT2D eigenvalue weighted by atomic mass is 10.1. The molecule has 0 fully saturated rings. The Morgan fingerprint density at radius 1 is 0.852 bits per heavy atom. The zero-order chi connectivity index (χ0) is 19.3. The number of hydrogen-bond donors (Lipinski definition) is 1. The Labute approximate surface area is 163 Å². The first-order chi connectivity index (χ1) is 13.3. The van der Waals surface area contributed by atoms with E-state index in [9.17, 15) is 0 Å². The highest BCUT2D eigenvalue weighted by Crippen LogP contribution is 2.23. The van der Waals surface area contributed by atoms with Crippen molar-refractivity contribution in [1.29, 1.82) is 0 Å². The van der Waals surface area contributed by atoms with Gasteiger partial charge < -0.3 is 9.47 Å². The number of unbranched alkanes of at least 4 members (excludes halogenated alkanes) is 3. The molecule has 0 amide bonds. The van der Waals surface area contributed by atoms with Crippen LogP contribution in [0, 0.1) is 0 Å². The van der Waals surface area contributed by atoms with Crippen LogP contribution < -0.4 is 5.53 Å². The average molecular weight is 376 g/mol. The van der Waals surface area contributed by atoms with Gasteiger partial charge >= 0.3 is 0 Å². The molecular weight excluding hydrogens is 342 g/mol. The molecule has 6 heteroatoms. The van der Waals surface area contributed by atoms with Gasteiger partial charge in [0.15, 0.2) is 0 Å². The molecule has 0 saturated heterocycles. The van der Waals surface area contributed by atoms with Gasteiger partial charge in [0, 0.05) is 5.56 Å². The molecule has 2 rings (SSSR count). The predicted octanol–water partition coefficient (Wildman–Crippen LogP) is 4.75. The summed E-state index contributed by atoms with van der Waals surface area (Å²) in [5.41, 5.74) is 4.66. The average Bonchev–Trinajstić information content (AvgIpc) is 2.70. The molecule has 27 heavy (non-hydrogen) atoms. The van der Waals surface area contributed by atoms with Crippen molar-refractivity contribution in [1.82, 2.24) is 10.7 Å². The lowest BCUT2D eigenvalue weighted by Crippen LogP contribution is -2.41. The van der Waals surface area contributed by atoms with Gasteiger partial charge in [-0.05, 0) is 19.3 Å². The maximum atomic E-state index is 6.13. The predicted molar refractivity (Wildman–Crippen MR) is 108 cm³/mol. The second-order valence-electron chi connectivity index (χ2n) is 6.45. The van der Waals surface area contributed by atoms with Crippen LogP contribution in [0.5, 0.6) is 0 Å². The maximum absolute atomic E-state index is 6.13. The third kappa shape index (κ3) is 6.47. The topological polar surface area (TPSA) is 55.3 Å². The summed E-state index contributed by atoms with van der Waals surface area (Å²) in [4.78, 5) is 5.84. The van der Waals surface area contributed by atoms with Crippen LogP contribution in [-0.2, 0) is 14.3 Å². The van der Waals surface area contributed by atoms with E-state index in [1.54, 1.807) is 0 Å². The molecule has 0 unspecified atom stereocenters. The van der Waals surface area contributed by atoms with E-state index in [0.29, 0.717) is 31.5 Å². The van der Waals surface area contributed by atoms with E-state index in [-0.39, 0.29) is 0 Å². The van der Waals surface area contributed by atoms with Gasteiger partial charge in [-0.25, -0.2) is 4.84 Å². The third-order valence-electron chi connectivity index (χ3n) is 4.09. The Kier molecular flexibility index (Phi) is 9.55.